The van der Waals surface area contributed by atoms with Crippen LogP contribution >= 0.6 is 7.82 Å². The van der Waals surface area contributed by atoms with Crippen LogP contribution in [0.25, 0.3) is 0 Å². The van der Waals surface area contributed by atoms with Gasteiger partial charge in [0.2, 0.25) is 0 Å². The molecule has 0 aliphatic carbocycles. The summed E-state index contributed by atoms with van der Waals surface area (Å²) in [6, 6.07) is 0. The van der Waals surface area contributed by atoms with Crippen LogP contribution in [0, 0.1) is 0 Å². The van der Waals surface area contributed by atoms with Gasteiger partial charge in [-0.2, -0.15) is 0 Å². The van der Waals surface area contributed by atoms with Crippen molar-refractivity contribution in [3.63, 3.8) is 0 Å². The van der Waals surface area contributed by atoms with E-state index < -0.39 is 32.5 Å². The summed E-state index contributed by atoms with van der Waals surface area (Å²) in [6.07, 6.45) is 47.2. The monoisotopic (exact) mass is 849 g/mol. The van der Waals surface area contributed by atoms with Crippen LogP contribution in [0.5, 0.6) is 0 Å². The maximum absolute atomic E-state index is 12.7. The predicted octanol–water partition coefficient (Wildman–Crippen LogP) is 12.0. The Balaban J connectivity index is 2.33. The van der Waals surface area contributed by atoms with Gasteiger partial charge in [-0.1, -0.05) is 138 Å². The van der Waals surface area contributed by atoms with Gasteiger partial charge < -0.3 is 23.6 Å². The number of allylic oxidation sites excluding steroid dienone is 10. The number of likely N-dealkylation sites (N-methyl/N-ethyl adjacent to an activating group) is 1. The highest BCUT2D eigenvalue weighted by molar-refractivity contribution is 7.47. The van der Waals surface area contributed by atoms with Gasteiger partial charge in [0.25, 0.3) is 0 Å². The van der Waals surface area contributed by atoms with E-state index in [0.717, 1.165) is 70.6 Å². The van der Waals surface area contributed by atoms with Crippen LogP contribution in [0.15, 0.2) is 72.9 Å². The molecule has 1 aliphatic rings. The van der Waals surface area contributed by atoms with E-state index in [1.807, 2.05) is 33.3 Å². The Morgan fingerprint density at radius 3 is 1.75 bits per heavy atom. The van der Waals surface area contributed by atoms with Gasteiger partial charge >= 0.3 is 19.8 Å². The van der Waals surface area contributed by atoms with E-state index >= 15 is 0 Å². The third-order valence-electron chi connectivity index (χ3n) is 9.64. The van der Waals surface area contributed by atoms with Gasteiger partial charge in [-0.05, 0) is 77.0 Å². The number of hydrogen-bond donors (Lipinski definition) is 1. The molecule has 11 heteroatoms. The molecule has 1 heterocycles. The molecule has 0 bridgehead atoms. The van der Waals surface area contributed by atoms with Crippen LogP contribution in [-0.2, 0) is 37.4 Å². The van der Waals surface area contributed by atoms with Crippen molar-refractivity contribution in [2.45, 2.75) is 173 Å². The maximum Gasteiger partial charge on any atom is 0.472 e. The van der Waals surface area contributed by atoms with E-state index in [9.17, 15) is 19.0 Å². The number of phosphoric acid groups is 1. The summed E-state index contributed by atoms with van der Waals surface area (Å²) in [5.74, 6) is -0.911. The van der Waals surface area contributed by atoms with Crippen LogP contribution in [-0.4, -0.2) is 87.1 Å². The van der Waals surface area contributed by atoms with E-state index in [2.05, 4.69) is 74.6 Å². The van der Waals surface area contributed by atoms with Crippen molar-refractivity contribution in [1.29, 1.82) is 0 Å². The minimum atomic E-state index is -4.40. The average molecular weight is 849 g/mol. The number of ether oxygens (including phenoxy) is 3. The Kier molecular flexibility index (Phi) is 33.3. The largest absolute Gasteiger partial charge is 0.472 e. The molecular formula is C48H83NO9P+. The smallest absolute Gasteiger partial charge is 0.462 e. The van der Waals surface area contributed by atoms with Crippen LogP contribution in [0.3, 0.4) is 0 Å². The molecule has 0 aromatic heterocycles. The molecule has 1 rings (SSSR count). The molecule has 1 saturated heterocycles. The highest BCUT2D eigenvalue weighted by Crippen LogP contribution is 2.43. The SMILES string of the molecule is CC/C=C\CC1OC1C/C=C\C/C=C\C/C=C\C/C=C\CCC(=O)O[C@H](COC(=O)CCCCCCCCC/C=C\CCCCCC)COP(=O)(O)OCC[N+](C)(C)C. The first-order valence-corrected chi connectivity index (χ1v) is 24.3. The number of unbranched alkanes of at least 4 members (excludes halogenated alkanes) is 11. The van der Waals surface area contributed by atoms with Crippen molar-refractivity contribution in [2.75, 3.05) is 47.5 Å². The third kappa shape index (κ3) is 36.9. The van der Waals surface area contributed by atoms with Gasteiger partial charge in [-0.3, -0.25) is 18.6 Å². The number of carbonyl (C=O) groups excluding carboxylic acids is 2. The van der Waals surface area contributed by atoms with Crippen molar-refractivity contribution in [3.8, 4) is 0 Å². The summed E-state index contributed by atoms with van der Waals surface area (Å²) in [6.45, 7) is 4.18. The zero-order valence-electron chi connectivity index (χ0n) is 37.7. The molecule has 1 aliphatic heterocycles. The normalized spacial score (nSPS) is 17.7. The number of hydrogen-bond acceptors (Lipinski definition) is 8. The van der Waals surface area contributed by atoms with Gasteiger partial charge in [-0.25, -0.2) is 4.57 Å². The summed E-state index contributed by atoms with van der Waals surface area (Å²) in [7, 11) is 1.41. The molecule has 0 aromatic rings. The lowest BCUT2D eigenvalue weighted by atomic mass is 10.1. The minimum absolute atomic E-state index is 0.0121. The van der Waals surface area contributed by atoms with Crippen molar-refractivity contribution in [1.82, 2.24) is 0 Å². The number of phosphoric ester groups is 1. The third-order valence-corrected chi connectivity index (χ3v) is 10.6. The van der Waals surface area contributed by atoms with Gasteiger partial charge in [0.15, 0.2) is 6.10 Å². The molecule has 0 aromatic carbocycles. The van der Waals surface area contributed by atoms with Crippen LogP contribution in [0.4, 0.5) is 0 Å². The average Bonchev–Trinajstić information content (AvgIpc) is 3.94. The van der Waals surface area contributed by atoms with Crippen molar-refractivity contribution in [2.24, 2.45) is 0 Å². The second-order valence-corrected chi connectivity index (χ2v) is 17.9. The molecule has 0 amide bonds. The summed E-state index contributed by atoms with van der Waals surface area (Å²) >= 11 is 0. The summed E-state index contributed by atoms with van der Waals surface area (Å²) < 4.78 is 39.9. The Bertz CT molecular complexity index is 1300. The minimum Gasteiger partial charge on any atom is -0.462 e. The van der Waals surface area contributed by atoms with E-state index in [4.69, 9.17) is 23.3 Å². The highest BCUT2D eigenvalue weighted by atomic mass is 31.2. The fourth-order valence-corrected chi connectivity index (χ4v) is 6.70. The van der Waals surface area contributed by atoms with E-state index in [0.29, 0.717) is 29.7 Å². The zero-order valence-corrected chi connectivity index (χ0v) is 38.5. The first-order valence-electron chi connectivity index (χ1n) is 22.8. The fourth-order valence-electron chi connectivity index (χ4n) is 5.96. The molecule has 4 atom stereocenters. The standard InChI is InChI=1S/C48H82NO9P/c1-6-8-10-11-12-13-14-15-16-17-21-24-27-30-34-38-47(50)54-42-44(43-56-59(52,53)55-41-40-49(3,4)5)57-48(51)39-35-31-28-25-22-19-18-20-23-26-29-33-37-46-45(58-46)36-32-9-7-2/h9,13-14,19-20,22-23,28-29,31-33,44-46H,6-8,10-12,15-18,21,24-27,30,34-43H2,1-5H3/p+1/b14-13-,22-19-,23-20-,31-28-,32-9-,33-29-/t44-,45?,46?/m1/s1. The second-order valence-electron chi connectivity index (χ2n) is 16.4. The van der Waals surface area contributed by atoms with E-state index in [1.165, 1.54) is 51.4 Å². The quantitative estimate of drug-likeness (QED) is 0.0161. The number of esters is 2. The van der Waals surface area contributed by atoms with Gasteiger partial charge in [0, 0.05) is 12.8 Å². The Morgan fingerprint density at radius 2 is 1.15 bits per heavy atom. The van der Waals surface area contributed by atoms with Crippen LogP contribution in [0.1, 0.15) is 155 Å². The second kappa shape index (κ2) is 36.1. The van der Waals surface area contributed by atoms with Crippen LogP contribution < -0.4 is 0 Å². The molecule has 0 saturated carbocycles. The number of quaternary nitrogens is 1. The van der Waals surface area contributed by atoms with Crippen molar-refractivity contribution < 1.29 is 46.8 Å². The first kappa shape index (κ1) is 54.4. The first-order chi connectivity index (χ1) is 28.5. The molecule has 338 valence electrons. The van der Waals surface area contributed by atoms with E-state index in [1.54, 1.807) is 0 Å². The van der Waals surface area contributed by atoms with Gasteiger partial charge in [0.1, 0.15) is 19.8 Å². The lowest BCUT2D eigenvalue weighted by molar-refractivity contribution is -0.870. The van der Waals surface area contributed by atoms with E-state index in [-0.39, 0.29) is 26.1 Å². The van der Waals surface area contributed by atoms with Crippen molar-refractivity contribution in [3.05, 3.63) is 72.9 Å². The Morgan fingerprint density at radius 1 is 0.627 bits per heavy atom. The molecule has 10 nitrogen and oxygen atoms in total. The topological polar surface area (TPSA) is 121 Å². The molecule has 1 fully saturated rings. The van der Waals surface area contributed by atoms with Crippen molar-refractivity contribution >= 4 is 19.8 Å². The highest BCUT2D eigenvalue weighted by Gasteiger charge is 2.36. The number of carbonyl (C=O) groups is 2. The molecule has 0 spiro atoms. The van der Waals surface area contributed by atoms with Gasteiger partial charge in [-0.15, -0.1) is 0 Å². The molecule has 1 N–H and O–H groups in total. The number of rotatable bonds is 39. The number of epoxide rings is 1. The fraction of sp³-hybridized carbons (Fsp3) is 0.708. The zero-order chi connectivity index (χ0) is 43.3. The summed E-state index contributed by atoms with van der Waals surface area (Å²) in [5, 5.41) is 0. The Hall–Kier alpha value is -2.59. The molecular weight excluding hydrogens is 766 g/mol. The summed E-state index contributed by atoms with van der Waals surface area (Å²) in [5.41, 5.74) is 0. The summed E-state index contributed by atoms with van der Waals surface area (Å²) in [4.78, 5) is 35.4. The maximum atomic E-state index is 12.7. The molecule has 59 heavy (non-hydrogen) atoms. The van der Waals surface area contributed by atoms with Gasteiger partial charge in [0.05, 0.1) is 40.0 Å². The predicted molar refractivity (Wildman–Crippen MR) is 242 cm³/mol. The molecule has 3 unspecified atom stereocenters. The lowest BCUT2D eigenvalue weighted by Crippen LogP contribution is -2.37. The Labute approximate surface area is 359 Å². The molecule has 0 radical (unpaired) electrons. The van der Waals surface area contributed by atoms with Crippen LogP contribution in [0.2, 0.25) is 0 Å². The number of nitrogens with zero attached hydrogens (tertiary/aromatic N) is 1. The lowest BCUT2D eigenvalue weighted by Gasteiger charge is -2.24.